The summed E-state index contributed by atoms with van der Waals surface area (Å²) in [7, 11) is 0. The Morgan fingerprint density at radius 2 is 2.00 bits per heavy atom. The van der Waals surface area contributed by atoms with Gasteiger partial charge in [0.1, 0.15) is 12.5 Å². The Labute approximate surface area is 116 Å². The van der Waals surface area contributed by atoms with E-state index in [1.807, 2.05) is 13.0 Å². The van der Waals surface area contributed by atoms with Crippen molar-refractivity contribution in [2.45, 2.75) is 12.8 Å². The Bertz CT molecular complexity index is 610. The third-order valence-electron chi connectivity index (χ3n) is 2.98. The molecule has 0 aliphatic carbocycles. The topological polar surface area (TPSA) is 46.5 Å². The first-order valence-corrected chi connectivity index (χ1v) is 6.24. The first kappa shape index (κ1) is 14.1. The van der Waals surface area contributed by atoms with Crippen molar-refractivity contribution in [3.05, 3.63) is 65.5 Å². The number of rotatable bonds is 5. The standard InChI is InChI=1S/C16H15FO3/c1-11-5-4-6-12(9-11)13(16(18)19)10-20-15-8-3-2-7-14(15)17/h2-9,13H,10H2,1H3,(H,18,19). The molecule has 20 heavy (non-hydrogen) atoms. The summed E-state index contributed by atoms with van der Waals surface area (Å²) in [5.74, 6) is -2.26. The van der Waals surface area contributed by atoms with E-state index in [1.165, 1.54) is 12.1 Å². The van der Waals surface area contributed by atoms with E-state index >= 15 is 0 Å². The van der Waals surface area contributed by atoms with Crippen molar-refractivity contribution >= 4 is 5.97 Å². The Morgan fingerprint density at radius 3 is 2.65 bits per heavy atom. The van der Waals surface area contributed by atoms with Gasteiger partial charge in [0.2, 0.25) is 0 Å². The highest BCUT2D eigenvalue weighted by Crippen LogP contribution is 2.21. The van der Waals surface area contributed by atoms with Gasteiger partial charge in [-0.2, -0.15) is 0 Å². The monoisotopic (exact) mass is 274 g/mol. The minimum absolute atomic E-state index is 0.0615. The lowest BCUT2D eigenvalue weighted by molar-refractivity contribution is -0.139. The predicted molar refractivity (Wildman–Crippen MR) is 73.5 cm³/mol. The van der Waals surface area contributed by atoms with Gasteiger partial charge in [0.05, 0.1) is 0 Å². The normalized spacial score (nSPS) is 11.9. The second kappa shape index (κ2) is 6.19. The number of carboxylic acid groups (broad SMARTS) is 1. The molecule has 104 valence electrons. The molecule has 1 atom stereocenters. The Kier molecular flexibility index (Phi) is 4.35. The van der Waals surface area contributed by atoms with Crippen molar-refractivity contribution < 1.29 is 19.0 Å². The van der Waals surface area contributed by atoms with Gasteiger partial charge in [-0.1, -0.05) is 42.0 Å². The van der Waals surface area contributed by atoms with Gasteiger partial charge in [0.15, 0.2) is 11.6 Å². The van der Waals surface area contributed by atoms with Crippen LogP contribution in [0.1, 0.15) is 17.0 Å². The molecule has 0 radical (unpaired) electrons. The number of ether oxygens (including phenoxy) is 1. The van der Waals surface area contributed by atoms with Crippen LogP contribution < -0.4 is 4.74 Å². The molecule has 2 rings (SSSR count). The molecular formula is C16H15FO3. The Balaban J connectivity index is 2.15. The quantitative estimate of drug-likeness (QED) is 0.909. The summed E-state index contributed by atoms with van der Waals surface area (Å²) >= 11 is 0. The van der Waals surface area contributed by atoms with E-state index in [4.69, 9.17) is 4.74 Å². The summed E-state index contributed by atoms with van der Waals surface area (Å²) in [5.41, 5.74) is 1.62. The van der Waals surface area contributed by atoms with Crippen molar-refractivity contribution in [2.24, 2.45) is 0 Å². The van der Waals surface area contributed by atoms with Crippen molar-refractivity contribution in [1.29, 1.82) is 0 Å². The van der Waals surface area contributed by atoms with Crippen molar-refractivity contribution in [1.82, 2.24) is 0 Å². The number of carboxylic acids is 1. The van der Waals surface area contributed by atoms with Crippen LogP contribution in [0.15, 0.2) is 48.5 Å². The predicted octanol–water partition coefficient (Wildman–Crippen LogP) is 3.38. The van der Waals surface area contributed by atoms with Gasteiger partial charge in [-0.25, -0.2) is 4.39 Å². The number of para-hydroxylation sites is 1. The lowest BCUT2D eigenvalue weighted by Gasteiger charge is -2.15. The minimum Gasteiger partial charge on any atom is -0.489 e. The fourth-order valence-corrected chi connectivity index (χ4v) is 1.93. The van der Waals surface area contributed by atoms with E-state index in [2.05, 4.69) is 0 Å². The molecule has 0 spiro atoms. The van der Waals surface area contributed by atoms with E-state index in [0.29, 0.717) is 5.56 Å². The molecule has 0 aliphatic rings. The lowest BCUT2D eigenvalue weighted by atomic mass is 9.98. The van der Waals surface area contributed by atoms with Crippen LogP contribution in [0.5, 0.6) is 5.75 Å². The molecule has 0 amide bonds. The molecule has 0 bridgehead atoms. The average molecular weight is 274 g/mol. The van der Waals surface area contributed by atoms with Crippen molar-refractivity contribution in [2.75, 3.05) is 6.61 Å². The Hall–Kier alpha value is -2.36. The van der Waals surface area contributed by atoms with E-state index in [9.17, 15) is 14.3 Å². The van der Waals surface area contributed by atoms with Crippen LogP contribution in [0, 0.1) is 12.7 Å². The zero-order chi connectivity index (χ0) is 14.5. The maximum Gasteiger partial charge on any atom is 0.314 e. The number of aliphatic carboxylic acids is 1. The first-order chi connectivity index (χ1) is 9.58. The highest BCUT2D eigenvalue weighted by atomic mass is 19.1. The van der Waals surface area contributed by atoms with Gasteiger partial charge in [0, 0.05) is 0 Å². The van der Waals surface area contributed by atoms with Gasteiger partial charge in [-0.3, -0.25) is 4.79 Å². The SMILES string of the molecule is Cc1cccc(C(COc2ccccc2F)C(=O)O)c1. The van der Waals surface area contributed by atoms with E-state index in [-0.39, 0.29) is 12.4 Å². The molecule has 0 aliphatic heterocycles. The molecule has 0 saturated carbocycles. The van der Waals surface area contributed by atoms with Gasteiger partial charge >= 0.3 is 5.97 Å². The number of carbonyl (C=O) groups is 1. The fraction of sp³-hybridized carbons (Fsp3) is 0.188. The van der Waals surface area contributed by atoms with Crippen molar-refractivity contribution in [3.63, 3.8) is 0 Å². The summed E-state index contributed by atoms with van der Waals surface area (Å²) in [6.45, 7) is 1.78. The minimum atomic E-state index is -0.994. The number of aryl methyl sites for hydroxylation is 1. The molecule has 2 aromatic carbocycles. The van der Waals surface area contributed by atoms with Crippen LogP contribution in [0.25, 0.3) is 0 Å². The van der Waals surface area contributed by atoms with E-state index in [1.54, 1.807) is 30.3 Å². The van der Waals surface area contributed by atoms with Crippen LogP contribution >= 0.6 is 0 Å². The van der Waals surface area contributed by atoms with Gasteiger partial charge in [-0.15, -0.1) is 0 Å². The van der Waals surface area contributed by atoms with Crippen LogP contribution in [0.2, 0.25) is 0 Å². The Morgan fingerprint density at radius 1 is 1.25 bits per heavy atom. The molecule has 0 saturated heterocycles. The maximum atomic E-state index is 13.4. The van der Waals surface area contributed by atoms with Crippen LogP contribution in [-0.4, -0.2) is 17.7 Å². The lowest BCUT2D eigenvalue weighted by Crippen LogP contribution is -2.19. The molecule has 0 aromatic heterocycles. The zero-order valence-corrected chi connectivity index (χ0v) is 11.0. The summed E-state index contributed by atoms with van der Waals surface area (Å²) < 4.78 is 18.7. The second-order valence-corrected chi connectivity index (χ2v) is 4.55. The summed E-state index contributed by atoms with van der Waals surface area (Å²) in [6, 6.07) is 13.2. The van der Waals surface area contributed by atoms with E-state index < -0.39 is 17.7 Å². The highest BCUT2D eigenvalue weighted by Gasteiger charge is 2.21. The van der Waals surface area contributed by atoms with Gasteiger partial charge < -0.3 is 9.84 Å². The van der Waals surface area contributed by atoms with E-state index in [0.717, 1.165) is 5.56 Å². The summed E-state index contributed by atoms with van der Waals surface area (Å²) in [5, 5.41) is 9.29. The first-order valence-electron chi connectivity index (χ1n) is 6.24. The smallest absolute Gasteiger partial charge is 0.314 e. The maximum absolute atomic E-state index is 13.4. The molecule has 1 unspecified atom stereocenters. The molecule has 3 nitrogen and oxygen atoms in total. The van der Waals surface area contributed by atoms with Crippen LogP contribution in [0.3, 0.4) is 0 Å². The van der Waals surface area contributed by atoms with Gasteiger partial charge in [-0.05, 0) is 24.6 Å². The average Bonchev–Trinajstić information content (AvgIpc) is 2.41. The number of halogens is 1. The largest absolute Gasteiger partial charge is 0.489 e. The molecule has 4 heteroatoms. The number of hydrogen-bond donors (Lipinski definition) is 1. The van der Waals surface area contributed by atoms with Crippen LogP contribution in [-0.2, 0) is 4.79 Å². The molecular weight excluding hydrogens is 259 g/mol. The molecule has 0 fully saturated rings. The molecule has 1 N–H and O–H groups in total. The highest BCUT2D eigenvalue weighted by molar-refractivity contribution is 5.76. The fourth-order valence-electron chi connectivity index (χ4n) is 1.93. The third-order valence-corrected chi connectivity index (χ3v) is 2.98. The van der Waals surface area contributed by atoms with Crippen molar-refractivity contribution in [3.8, 4) is 5.75 Å². The van der Waals surface area contributed by atoms with Crippen LogP contribution in [0.4, 0.5) is 4.39 Å². The van der Waals surface area contributed by atoms with Gasteiger partial charge in [0.25, 0.3) is 0 Å². The summed E-state index contributed by atoms with van der Waals surface area (Å²) in [6.07, 6.45) is 0. The second-order valence-electron chi connectivity index (χ2n) is 4.55. The molecule has 0 heterocycles. The zero-order valence-electron chi connectivity index (χ0n) is 11.0. The summed E-state index contributed by atoms with van der Waals surface area (Å²) in [4.78, 5) is 11.3. The molecule has 2 aromatic rings. The third kappa shape index (κ3) is 3.35. The number of hydrogen-bond acceptors (Lipinski definition) is 2. The number of benzene rings is 2.